The molecule has 0 aliphatic heterocycles. The highest BCUT2D eigenvalue weighted by atomic mass is 16.3. The highest BCUT2D eigenvalue weighted by Crippen LogP contribution is 2.01. The van der Waals surface area contributed by atoms with E-state index in [0.29, 0.717) is 25.3 Å². The molecule has 0 bridgehead atoms. The molecular formula is C10H18N4O2. The van der Waals surface area contributed by atoms with Crippen LogP contribution in [0.15, 0.2) is 12.5 Å². The van der Waals surface area contributed by atoms with Gasteiger partial charge in [-0.05, 0) is 6.92 Å². The van der Waals surface area contributed by atoms with Crippen LogP contribution >= 0.6 is 0 Å². The third-order valence-electron chi connectivity index (χ3n) is 2.12. The van der Waals surface area contributed by atoms with Gasteiger partial charge in [-0.3, -0.25) is 4.79 Å². The van der Waals surface area contributed by atoms with Crippen LogP contribution in [0.3, 0.4) is 0 Å². The summed E-state index contributed by atoms with van der Waals surface area (Å²) in [6.07, 6.45) is 2.70. The van der Waals surface area contributed by atoms with Crippen molar-refractivity contribution in [2.75, 3.05) is 20.1 Å². The SMILES string of the molecule is CC(O)CN(C)C(=O)c1cn(CCN)cn1. The van der Waals surface area contributed by atoms with Crippen LogP contribution in [0.25, 0.3) is 0 Å². The molecule has 1 heterocycles. The Kier molecular flexibility index (Phi) is 4.45. The van der Waals surface area contributed by atoms with E-state index in [4.69, 9.17) is 5.73 Å². The van der Waals surface area contributed by atoms with Crippen molar-refractivity contribution in [3.8, 4) is 0 Å². The number of nitrogens with two attached hydrogens (primary N) is 1. The number of likely N-dealkylation sites (N-methyl/N-ethyl adjacent to an activating group) is 1. The molecule has 1 aromatic heterocycles. The van der Waals surface area contributed by atoms with Crippen molar-refractivity contribution in [3.05, 3.63) is 18.2 Å². The first-order chi connectivity index (χ1) is 7.54. The van der Waals surface area contributed by atoms with E-state index in [9.17, 15) is 9.90 Å². The molecule has 1 rings (SSSR count). The van der Waals surface area contributed by atoms with E-state index in [2.05, 4.69) is 4.98 Å². The van der Waals surface area contributed by atoms with Gasteiger partial charge in [0.2, 0.25) is 0 Å². The lowest BCUT2D eigenvalue weighted by Crippen LogP contribution is -2.33. The quantitative estimate of drug-likeness (QED) is 0.695. The number of imidazole rings is 1. The van der Waals surface area contributed by atoms with E-state index in [1.54, 1.807) is 31.1 Å². The van der Waals surface area contributed by atoms with Crippen LogP contribution in [0, 0.1) is 0 Å². The molecule has 0 fully saturated rings. The van der Waals surface area contributed by atoms with Gasteiger partial charge in [-0.2, -0.15) is 0 Å². The highest BCUT2D eigenvalue weighted by Gasteiger charge is 2.15. The number of hydrogen-bond donors (Lipinski definition) is 2. The molecule has 3 N–H and O–H groups in total. The van der Waals surface area contributed by atoms with E-state index in [1.165, 1.54) is 4.90 Å². The Morgan fingerprint density at radius 1 is 1.75 bits per heavy atom. The molecule has 0 spiro atoms. The van der Waals surface area contributed by atoms with Gasteiger partial charge in [0.25, 0.3) is 5.91 Å². The minimum atomic E-state index is -0.542. The zero-order valence-electron chi connectivity index (χ0n) is 9.63. The largest absolute Gasteiger partial charge is 0.392 e. The van der Waals surface area contributed by atoms with Crippen molar-refractivity contribution in [2.45, 2.75) is 19.6 Å². The summed E-state index contributed by atoms with van der Waals surface area (Å²) in [6.45, 7) is 3.08. The maximum absolute atomic E-state index is 11.8. The van der Waals surface area contributed by atoms with E-state index >= 15 is 0 Å². The summed E-state index contributed by atoms with van der Waals surface area (Å²) < 4.78 is 1.77. The average molecular weight is 226 g/mol. The Balaban J connectivity index is 2.64. The molecule has 1 atom stereocenters. The van der Waals surface area contributed by atoms with E-state index in [-0.39, 0.29) is 5.91 Å². The van der Waals surface area contributed by atoms with Crippen LogP contribution in [0.2, 0.25) is 0 Å². The zero-order valence-corrected chi connectivity index (χ0v) is 9.63. The number of carbonyl (C=O) groups excluding carboxylic acids is 1. The summed E-state index contributed by atoms with van der Waals surface area (Å²) in [6, 6.07) is 0. The molecule has 1 aromatic rings. The lowest BCUT2D eigenvalue weighted by Gasteiger charge is -2.17. The smallest absolute Gasteiger partial charge is 0.273 e. The Morgan fingerprint density at radius 2 is 2.44 bits per heavy atom. The average Bonchev–Trinajstić information content (AvgIpc) is 2.64. The number of amides is 1. The molecule has 0 saturated carbocycles. The summed E-state index contributed by atoms with van der Waals surface area (Å²) in [5, 5.41) is 9.17. The van der Waals surface area contributed by atoms with Gasteiger partial charge in [-0.15, -0.1) is 0 Å². The Morgan fingerprint density at radius 3 is 3.00 bits per heavy atom. The molecule has 16 heavy (non-hydrogen) atoms. The molecule has 0 aromatic carbocycles. The Labute approximate surface area is 94.7 Å². The van der Waals surface area contributed by atoms with Gasteiger partial charge in [0.15, 0.2) is 0 Å². The molecule has 6 nitrogen and oxygen atoms in total. The van der Waals surface area contributed by atoms with E-state index in [1.807, 2.05) is 0 Å². The van der Waals surface area contributed by atoms with Crippen molar-refractivity contribution in [2.24, 2.45) is 5.73 Å². The van der Waals surface area contributed by atoms with Crippen LogP contribution in [0.1, 0.15) is 17.4 Å². The second kappa shape index (κ2) is 5.62. The minimum Gasteiger partial charge on any atom is -0.392 e. The van der Waals surface area contributed by atoms with Gasteiger partial charge >= 0.3 is 0 Å². The summed E-state index contributed by atoms with van der Waals surface area (Å²) in [5.41, 5.74) is 5.77. The first-order valence-corrected chi connectivity index (χ1v) is 5.20. The Bertz CT molecular complexity index is 348. The fourth-order valence-corrected chi connectivity index (χ4v) is 1.42. The van der Waals surface area contributed by atoms with Crippen LogP contribution in [-0.4, -0.2) is 51.7 Å². The topological polar surface area (TPSA) is 84.4 Å². The molecule has 0 saturated heterocycles. The number of nitrogens with zero attached hydrogens (tertiary/aromatic N) is 3. The normalized spacial score (nSPS) is 12.5. The van der Waals surface area contributed by atoms with Crippen molar-refractivity contribution < 1.29 is 9.90 Å². The summed E-state index contributed by atoms with van der Waals surface area (Å²) >= 11 is 0. The molecule has 1 unspecified atom stereocenters. The fourth-order valence-electron chi connectivity index (χ4n) is 1.42. The first-order valence-electron chi connectivity index (χ1n) is 5.20. The number of aliphatic hydroxyl groups excluding tert-OH is 1. The van der Waals surface area contributed by atoms with Gasteiger partial charge in [0.05, 0.1) is 12.4 Å². The van der Waals surface area contributed by atoms with Gasteiger partial charge in [-0.1, -0.05) is 0 Å². The van der Waals surface area contributed by atoms with Gasteiger partial charge in [-0.25, -0.2) is 4.98 Å². The van der Waals surface area contributed by atoms with Crippen LogP contribution in [0.5, 0.6) is 0 Å². The lowest BCUT2D eigenvalue weighted by molar-refractivity contribution is 0.0698. The summed E-state index contributed by atoms with van der Waals surface area (Å²) in [4.78, 5) is 17.2. The number of aliphatic hydroxyl groups is 1. The third-order valence-corrected chi connectivity index (χ3v) is 2.12. The third kappa shape index (κ3) is 3.32. The molecule has 0 radical (unpaired) electrons. The van der Waals surface area contributed by atoms with Crippen LogP contribution in [-0.2, 0) is 6.54 Å². The molecule has 1 amide bonds. The van der Waals surface area contributed by atoms with Crippen molar-refractivity contribution in [1.82, 2.24) is 14.5 Å². The molecule has 6 heteroatoms. The minimum absolute atomic E-state index is 0.198. The van der Waals surface area contributed by atoms with Crippen molar-refractivity contribution >= 4 is 5.91 Å². The maximum atomic E-state index is 11.8. The second-order valence-corrected chi connectivity index (χ2v) is 3.82. The van der Waals surface area contributed by atoms with Gasteiger partial charge in [0, 0.05) is 32.9 Å². The van der Waals surface area contributed by atoms with Crippen molar-refractivity contribution in [3.63, 3.8) is 0 Å². The zero-order chi connectivity index (χ0) is 12.1. The highest BCUT2D eigenvalue weighted by molar-refractivity contribution is 5.91. The number of aromatic nitrogens is 2. The predicted molar refractivity (Wildman–Crippen MR) is 59.9 cm³/mol. The number of carbonyl (C=O) groups is 1. The monoisotopic (exact) mass is 226 g/mol. The standard InChI is InChI=1S/C10H18N4O2/c1-8(15)5-13(2)10(16)9-6-14(4-3-11)7-12-9/h6-8,15H,3-5,11H2,1-2H3. The molecule has 0 aliphatic carbocycles. The lowest BCUT2D eigenvalue weighted by atomic mass is 10.3. The number of hydrogen-bond acceptors (Lipinski definition) is 4. The second-order valence-electron chi connectivity index (χ2n) is 3.82. The van der Waals surface area contributed by atoms with E-state index in [0.717, 1.165) is 0 Å². The van der Waals surface area contributed by atoms with Gasteiger partial charge < -0.3 is 20.3 Å². The first kappa shape index (κ1) is 12.7. The molecular weight excluding hydrogens is 208 g/mol. The van der Waals surface area contributed by atoms with E-state index < -0.39 is 6.10 Å². The maximum Gasteiger partial charge on any atom is 0.273 e. The van der Waals surface area contributed by atoms with Crippen LogP contribution < -0.4 is 5.73 Å². The molecule has 90 valence electrons. The Hall–Kier alpha value is -1.40. The fraction of sp³-hybridized carbons (Fsp3) is 0.600. The number of rotatable bonds is 5. The summed E-state index contributed by atoms with van der Waals surface area (Å²) in [7, 11) is 1.64. The van der Waals surface area contributed by atoms with Crippen molar-refractivity contribution in [1.29, 1.82) is 0 Å². The van der Waals surface area contributed by atoms with Crippen LogP contribution in [0.4, 0.5) is 0 Å². The van der Waals surface area contributed by atoms with Gasteiger partial charge in [0.1, 0.15) is 5.69 Å². The summed E-state index contributed by atoms with van der Waals surface area (Å²) in [5.74, 6) is -0.198. The predicted octanol–water partition coefficient (Wildman–Crippen LogP) is -0.705. The molecule has 0 aliphatic rings.